The van der Waals surface area contributed by atoms with Gasteiger partial charge in [0, 0.05) is 29.1 Å². The number of carbonyl (C=O) groups is 1. The normalized spacial score (nSPS) is 10.6. The fourth-order valence-corrected chi connectivity index (χ4v) is 3.18. The number of halogens is 2. The van der Waals surface area contributed by atoms with Crippen LogP contribution in [-0.2, 0) is 11.3 Å². The van der Waals surface area contributed by atoms with Crippen LogP contribution in [0.5, 0.6) is 5.75 Å². The van der Waals surface area contributed by atoms with Crippen LogP contribution in [0.25, 0.3) is 11.3 Å². The molecule has 0 aliphatic carbocycles. The summed E-state index contributed by atoms with van der Waals surface area (Å²) in [5, 5.41) is 6.93. The summed E-state index contributed by atoms with van der Waals surface area (Å²) in [4.78, 5) is 24.2. The standard InChI is InChI=1S/C22H21BrFN3O3/c1-2-30-17-8-5-15(6-9-17)19-11-12-22(29)27(26-19)13-3-4-21(28)25-20-10-7-16(23)14-18(20)24/h5-12,14H,2-4,13H2,1H3,(H,25,28). The van der Waals surface area contributed by atoms with Crippen molar-refractivity contribution in [3.8, 4) is 17.0 Å². The molecule has 0 bridgehead atoms. The minimum absolute atomic E-state index is 0.121. The molecular weight excluding hydrogens is 453 g/mol. The molecule has 156 valence electrons. The Morgan fingerprint density at radius 1 is 1.17 bits per heavy atom. The van der Waals surface area contributed by atoms with Crippen molar-refractivity contribution in [1.29, 1.82) is 0 Å². The second-order valence-electron chi connectivity index (χ2n) is 6.51. The van der Waals surface area contributed by atoms with E-state index in [1.165, 1.54) is 22.9 Å². The zero-order valence-electron chi connectivity index (χ0n) is 16.4. The van der Waals surface area contributed by atoms with Gasteiger partial charge in [-0.2, -0.15) is 5.10 Å². The van der Waals surface area contributed by atoms with Crippen LogP contribution >= 0.6 is 15.9 Å². The van der Waals surface area contributed by atoms with Crippen molar-refractivity contribution in [3.05, 3.63) is 75.2 Å². The van der Waals surface area contributed by atoms with E-state index in [2.05, 4.69) is 26.3 Å². The zero-order chi connectivity index (χ0) is 21.5. The average Bonchev–Trinajstić information content (AvgIpc) is 2.72. The molecule has 3 rings (SSSR count). The Bertz CT molecular complexity index is 1080. The molecule has 2 aromatic carbocycles. The number of aromatic nitrogens is 2. The highest BCUT2D eigenvalue weighted by molar-refractivity contribution is 9.10. The van der Waals surface area contributed by atoms with Gasteiger partial charge < -0.3 is 10.1 Å². The monoisotopic (exact) mass is 473 g/mol. The third-order valence-corrected chi connectivity index (χ3v) is 4.80. The second-order valence-corrected chi connectivity index (χ2v) is 7.43. The molecule has 0 saturated carbocycles. The molecule has 0 radical (unpaired) electrons. The SMILES string of the molecule is CCOc1ccc(-c2ccc(=O)n(CCCC(=O)Nc3ccc(Br)cc3F)n2)cc1. The van der Waals surface area contributed by atoms with Gasteiger partial charge in [-0.05, 0) is 61.9 Å². The van der Waals surface area contributed by atoms with Crippen molar-refractivity contribution in [1.82, 2.24) is 9.78 Å². The molecule has 1 heterocycles. The molecule has 0 atom stereocenters. The molecule has 0 saturated heterocycles. The van der Waals surface area contributed by atoms with E-state index in [0.717, 1.165) is 11.3 Å². The van der Waals surface area contributed by atoms with Gasteiger partial charge in [-0.15, -0.1) is 0 Å². The van der Waals surface area contributed by atoms with Crippen molar-refractivity contribution in [2.75, 3.05) is 11.9 Å². The van der Waals surface area contributed by atoms with E-state index in [1.807, 2.05) is 31.2 Å². The topological polar surface area (TPSA) is 73.2 Å². The number of nitrogens with one attached hydrogen (secondary N) is 1. The molecule has 0 fully saturated rings. The molecule has 1 N–H and O–H groups in total. The number of amides is 1. The molecule has 3 aromatic rings. The summed E-state index contributed by atoms with van der Waals surface area (Å²) in [6.45, 7) is 2.78. The van der Waals surface area contributed by atoms with Gasteiger partial charge in [0.15, 0.2) is 0 Å². The highest BCUT2D eigenvalue weighted by atomic mass is 79.9. The van der Waals surface area contributed by atoms with Crippen molar-refractivity contribution >= 4 is 27.5 Å². The smallest absolute Gasteiger partial charge is 0.266 e. The summed E-state index contributed by atoms with van der Waals surface area (Å²) < 4.78 is 21.2. The lowest BCUT2D eigenvalue weighted by molar-refractivity contribution is -0.116. The van der Waals surface area contributed by atoms with E-state index in [9.17, 15) is 14.0 Å². The highest BCUT2D eigenvalue weighted by Gasteiger charge is 2.09. The summed E-state index contributed by atoms with van der Waals surface area (Å²) in [7, 11) is 0. The van der Waals surface area contributed by atoms with Gasteiger partial charge in [0.1, 0.15) is 11.6 Å². The Labute approximate surface area is 181 Å². The van der Waals surface area contributed by atoms with E-state index < -0.39 is 5.82 Å². The van der Waals surface area contributed by atoms with Gasteiger partial charge in [0.05, 0.1) is 18.0 Å². The Morgan fingerprint density at radius 2 is 1.93 bits per heavy atom. The van der Waals surface area contributed by atoms with Crippen molar-refractivity contribution in [2.24, 2.45) is 0 Å². The summed E-state index contributed by atoms with van der Waals surface area (Å²) in [6, 6.07) is 15.0. The second kappa shape index (κ2) is 10.2. The molecule has 1 aromatic heterocycles. The lowest BCUT2D eigenvalue weighted by atomic mass is 10.1. The molecular formula is C22H21BrFN3O3. The molecule has 0 spiro atoms. The van der Waals surface area contributed by atoms with Gasteiger partial charge in [0.25, 0.3) is 5.56 Å². The maximum atomic E-state index is 13.8. The summed E-state index contributed by atoms with van der Waals surface area (Å²) >= 11 is 3.17. The largest absolute Gasteiger partial charge is 0.494 e. The predicted octanol–water partition coefficient (Wildman–Crippen LogP) is 4.63. The number of nitrogens with zero attached hydrogens (tertiary/aromatic N) is 2. The maximum Gasteiger partial charge on any atom is 0.266 e. The third-order valence-electron chi connectivity index (χ3n) is 4.31. The number of hydrogen-bond donors (Lipinski definition) is 1. The van der Waals surface area contributed by atoms with Crippen LogP contribution in [0.4, 0.5) is 10.1 Å². The van der Waals surface area contributed by atoms with Crippen LogP contribution in [0.15, 0.2) is 63.9 Å². The van der Waals surface area contributed by atoms with Crippen LogP contribution < -0.4 is 15.6 Å². The van der Waals surface area contributed by atoms with E-state index in [1.54, 1.807) is 12.1 Å². The van der Waals surface area contributed by atoms with Crippen LogP contribution in [0.2, 0.25) is 0 Å². The van der Waals surface area contributed by atoms with Crippen LogP contribution in [0, 0.1) is 5.82 Å². The van der Waals surface area contributed by atoms with E-state index in [-0.39, 0.29) is 30.1 Å². The predicted molar refractivity (Wildman–Crippen MR) is 117 cm³/mol. The highest BCUT2D eigenvalue weighted by Crippen LogP contribution is 2.21. The molecule has 6 nitrogen and oxygen atoms in total. The number of aryl methyl sites for hydroxylation is 1. The number of anilines is 1. The summed E-state index contributed by atoms with van der Waals surface area (Å²) in [6.07, 6.45) is 0.528. The quantitative estimate of drug-likeness (QED) is 0.517. The number of hydrogen-bond acceptors (Lipinski definition) is 4. The Hall–Kier alpha value is -3.00. The molecule has 0 unspecified atom stereocenters. The summed E-state index contributed by atoms with van der Waals surface area (Å²) in [5.74, 6) is -0.0756. The van der Waals surface area contributed by atoms with Gasteiger partial charge in [-0.3, -0.25) is 9.59 Å². The first-order valence-corrected chi connectivity index (χ1v) is 10.3. The molecule has 1 amide bonds. The van der Waals surface area contributed by atoms with E-state index in [4.69, 9.17) is 4.74 Å². The zero-order valence-corrected chi connectivity index (χ0v) is 18.0. The molecule has 0 aliphatic rings. The van der Waals surface area contributed by atoms with Gasteiger partial charge in [-0.1, -0.05) is 15.9 Å². The molecule has 30 heavy (non-hydrogen) atoms. The first kappa shape index (κ1) is 21.7. The van der Waals surface area contributed by atoms with Gasteiger partial charge in [-0.25, -0.2) is 9.07 Å². The first-order valence-electron chi connectivity index (χ1n) is 9.52. The Balaban J connectivity index is 1.60. The number of rotatable bonds is 8. The van der Waals surface area contributed by atoms with Crippen molar-refractivity contribution in [3.63, 3.8) is 0 Å². The van der Waals surface area contributed by atoms with Crippen molar-refractivity contribution < 1.29 is 13.9 Å². The molecule has 0 aliphatic heterocycles. The molecule has 8 heteroatoms. The number of benzene rings is 2. The van der Waals surface area contributed by atoms with E-state index in [0.29, 0.717) is 23.2 Å². The lowest BCUT2D eigenvalue weighted by Crippen LogP contribution is -2.23. The lowest BCUT2D eigenvalue weighted by Gasteiger charge is -2.09. The number of carbonyl (C=O) groups excluding carboxylic acids is 1. The fraction of sp³-hybridized carbons (Fsp3) is 0.227. The minimum Gasteiger partial charge on any atom is -0.494 e. The summed E-state index contributed by atoms with van der Waals surface area (Å²) in [5.41, 5.74) is 1.38. The Kier molecular flexibility index (Phi) is 7.35. The van der Waals surface area contributed by atoms with Crippen molar-refractivity contribution in [2.45, 2.75) is 26.3 Å². The minimum atomic E-state index is -0.515. The fourth-order valence-electron chi connectivity index (χ4n) is 2.84. The van der Waals surface area contributed by atoms with Crippen LogP contribution in [-0.4, -0.2) is 22.3 Å². The first-order chi connectivity index (χ1) is 14.5. The van der Waals surface area contributed by atoms with Gasteiger partial charge >= 0.3 is 0 Å². The third kappa shape index (κ3) is 5.76. The maximum absolute atomic E-state index is 13.8. The number of ether oxygens (including phenoxy) is 1. The average molecular weight is 474 g/mol. The van der Waals surface area contributed by atoms with E-state index >= 15 is 0 Å². The Morgan fingerprint density at radius 3 is 2.63 bits per heavy atom. The van der Waals surface area contributed by atoms with Crippen LogP contribution in [0.1, 0.15) is 19.8 Å². The van der Waals surface area contributed by atoms with Gasteiger partial charge in [0.2, 0.25) is 5.91 Å². The van der Waals surface area contributed by atoms with Crippen LogP contribution in [0.3, 0.4) is 0 Å².